The zero-order chi connectivity index (χ0) is 21.7. The molecule has 1 atom stereocenters. The lowest BCUT2D eigenvalue weighted by atomic mass is 10.1. The Morgan fingerprint density at radius 3 is 2.60 bits per heavy atom. The fraction of sp³-hybridized carbons (Fsp3) is 0.476. The minimum Gasteiger partial charge on any atom is -0.348 e. The third kappa shape index (κ3) is 4.69. The van der Waals surface area contributed by atoms with E-state index in [2.05, 4.69) is 15.3 Å². The molecule has 9 heteroatoms. The Morgan fingerprint density at radius 1 is 1.23 bits per heavy atom. The zero-order valence-corrected chi connectivity index (χ0v) is 18.5. The van der Waals surface area contributed by atoms with Gasteiger partial charge in [-0.25, -0.2) is 9.97 Å². The van der Waals surface area contributed by atoms with E-state index in [1.165, 1.54) is 14.8 Å². The van der Waals surface area contributed by atoms with Crippen LogP contribution in [0.1, 0.15) is 60.2 Å². The predicted octanol–water partition coefficient (Wildman–Crippen LogP) is 2.44. The summed E-state index contributed by atoms with van der Waals surface area (Å²) in [5.41, 5.74) is 1.77. The van der Waals surface area contributed by atoms with Gasteiger partial charge in [0.25, 0.3) is 16.1 Å². The maximum atomic E-state index is 13.2. The summed E-state index contributed by atoms with van der Waals surface area (Å²) in [5, 5.41) is 2.90. The zero-order valence-electron chi connectivity index (χ0n) is 17.7. The second kappa shape index (κ2) is 9.63. The van der Waals surface area contributed by atoms with Crippen LogP contribution >= 0.6 is 0 Å². The lowest BCUT2D eigenvalue weighted by Gasteiger charge is -2.30. The maximum absolute atomic E-state index is 13.2. The molecule has 0 bridgehead atoms. The summed E-state index contributed by atoms with van der Waals surface area (Å²) in [5.74, 6) is 0.206. The van der Waals surface area contributed by atoms with Crippen molar-refractivity contribution in [1.82, 2.24) is 23.9 Å². The number of rotatable bonds is 8. The van der Waals surface area contributed by atoms with Crippen LogP contribution in [0, 0.1) is 6.92 Å². The van der Waals surface area contributed by atoms with Crippen molar-refractivity contribution in [3.05, 3.63) is 59.2 Å². The summed E-state index contributed by atoms with van der Waals surface area (Å²) in [6, 6.07) is 9.13. The molecule has 0 aliphatic carbocycles. The smallest absolute Gasteiger partial charge is 0.282 e. The normalized spacial score (nSPS) is 17.4. The van der Waals surface area contributed by atoms with Gasteiger partial charge in [0.1, 0.15) is 5.82 Å². The van der Waals surface area contributed by atoms with Gasteiger partial charge < -0.3 is 5.32 Å². The first-order valence-corrected chi connectivity index (χ1v) is 11.7. The first-order chi connectivity index (χ1) is 14.4. The maximum Gasteiger partial charge on any atom is 0.282 e. The molecule has 0 unspecified atom stereocenters. The number of hydrogen-bond acceptors (Lipinski definition) is 5. The van der Waals surface area contributed by atoms with Gasteiger partial charge in [0.05, 0.1) is 17.3 Å². The third-order valence-corrected chi connectivity index (χ3v) is 7.53. The Morgan fingerprint density at radius 2 is 1.93 bits per heavy atom. The highest BCUT2D eigenvalue weighted by Gasteiger charge is 2.40. The van der Waals surface area contributed by atoms with E-state index in [1.54, 1.807) is 6.92 Å². The standard InChI is InChI=1S/C21H29N5O3S/c1-4-25(5-2)30(28,29)26-13-9-12-19(26)20-18(15-22-16(3)24-20)21(27)23-14-17-10-7-6-8-11-17/h6-8,10-11,15,19H,4-5,9,12-14H2,1-3H3,(H,23,27)/t19-/m0/s1. The molecule has 1 aromatic heterocycles. The van der Waals surface area contributed by atoms with Gasteiger partial charge in [-0.2, -0.15) is 17.0 Å². The summed E-state index contributed by atoms with van der Waals surface area (Å²) in [4.78, 5) is 21.6. The van der Waals surface area contributed by atoms with Crippen molar-refractivity contribution in [2.24, 2.45) is 0 Å². The van der Waals surface area contributed by atoms with E-state index in [9.17, 15) is 13.2 Å². The van der Waals surface area contributed by atoms with Crippen LogP contribution in [-0.2, 0) is 16.8 Å². The number of nitrogens with one attached hydrogen (secondary N) is 1. The molecule has 1 aliphatic rings. The number of nitrogens with zero attached hydrogens (tertiary/aromatic N) is 4. The van der Waals surface area contributed by atoms with E-state index in [0.717, 1.165) is 12.0 Å². The lowest BCUT2D eigenvalue weighted by Crippen LogP contribution is -2.43. The van der Waals surface area contributed by atoms with E-state index in [4.69, 9.17) is 0 Å². The summed E-state index contributed by atoms with van der Waals surface area (Å²) in [6.45, 7) is 6.97. The first kappa shape index (κ1) is 22.3. The predicted molar refractivity (Wildman–Crippen MR) is 115 cm³/mol. The third-order valence-electron chi connectivity index (χ3n) is 5.33. The Hall–Kier alpha value is -2.36. The molecule has 1 fully saturated rings. The molecule has 2 aromatic rings. The van der Waals surface area contributed by atoms with E-state index in [1.807, 2.05) is 44.2 Å². The highest BCUT2D eigenvalue weighted by Crippen LogP contribution is 2.35. The van der Waals surface area contributed by atoms with E-state index < -0.39 is 16.3 Å². The highest BCUT2D eigenvalue weighted by molar-refractivity contribution is 7.86. The number of hydrogen-bond donors (Lipinski definition) is 1. The van der Waals surface area contributed by atoms with Crippen LogP contribution in [0.3, 0.4) is 0 Å². The van der Waals surface area contributed by atoms with Crippen LogP contribution in [0.15, 0.2) is 36.5 Å². The molecular formula is C21H29N5O3S. The number of aryl methyl sites for hydroxylation is 1. The van der Waals surface area contributed by atoms with Gasteiger partial charge in [-0.05, 0) is 25.3 Å². The SMILES string of the molecule is CCN(CC)S(=O)(=O)N1CCC[C@H]1c1nc(C)ncc1C(=O)NCc1ccccc1. The van der Waals surface area contributed by atoms with E-state index >= 15 is 0 Å². The van der Waals surface area contributed by atoms with E-state index in [0.29, 0.717) is 49.7 Å². The second-order valence-corrected chi connectivity index (χ2v) is 9.13. The molecule has 1 aromatic carbocycles. The van der Waals surface area contributed by atoms with Crippen LogP contribution in [-0.4, -0.2) is 52.5 Å². The molecule has 8 nitrogen and oxygen atoms in total. The molecule has 30 heavy (non-hydrogen) atoms. The van der Waals surface area contributed by atoms with Crippen molar-refractivity contribution in [1.29, 1.82) is 0 Å². The van der Waals surface area contributed by atoms with Crippen LogP contribution in [0.2, 0.25) is 0 Å². The van der Waals surface area contributed by atoms with Gasteiger partial charge in [0, 0.05) is 32.4 Å². The van der Waals surface area contributed by atoms with Crippen molar-refractivity contribution in [2.45, 2.75) is 46.2 Å². The monoisotopic (exact) mass is 431 g/mol. The Balaban J connectivity index is 1.89. The molecule has 0 spiro atoms. The van der Waals surface area contributed by atoms with Gasteiger partial charge in [0.15, 0.2) is 0 Å². The number of carbonyl (C=O) groups excluding carboxylic acids is 1. The average molecular weight is 432 g/mol. The Bertz CT molecular complexity index is 977. The quantitative estimate of drug-likeness (QED) is 0.693. The molecular weight excluding hydrogens is 402 g/mol. The molecule has 0 radical (unpaired) electrons. The molecule has 1 N–H and O–H groups in total. The van der Waals surface area contributed by atoms with Crippen LogP contribution in [0.25, 0.3) is 0 Å². The Kier molecular flexibility index (Phi) is 7.17. The molecule has 162 valence electrons. The van der Waals surface area contributed by atoms with Crippen LogP contribution < -0.4 is 5.32 Å². The minimum absolute atomic E-state index is 0.305. The van der Waals surface area contributed by atoms with Crippen LogP contribution in [0.5, 0.6) is 0 Å². The molecule has 1 aliphatic heterocycles. The number of carbonyl (C=O) groups is 1. The largest absolute Gasteiger partial charge is 0.348 e. The summed E-state index contributed by atoms with van der Waals surface area (Å²) >= 11 is 0. The van der Waals surface area contributed by atoms with Crippen molar-refractivity contribution in [3.8, 4) is 0 Å². The molecule has 2 heterocycles. The summed E-state index contributed by atoms with van der Waals surface area (Å²) in [7, 11) is -3.63. The lowest BCUT2D eigenvalue weighted by molar-refractivity contribution is 0.0947. The van der Waals surface area contributed by atoms with Crippen molar-refractivity contribution < 1.29 is 13.2 Å². The molecule has 0 saturated carbocycles. The van der Waals surface area contributed by atoms with Gasteiger partial charge in [0.2, 0.25) is 0 Å². The number of aromatic nitrogens is 2. The average Bonchev–Trinajstić information content (AvgIpc) is 3.24. The van der Waals surface area contributed by atoms with Gasteiger partial charge in [-0.15, -0.1) is 0 Å². The van der Waals surface area contributed by atoms with E-state index in [-0.39, 0.29) is 5.91 Å². The second-order valence-electron chi connectivity index (χ2n) is 7.25. The van der Waals surface area contributed by atoms with Crippen molar-refractivity contribution in [2.75, 3.05) is 19.6 Å². The molecule has 1 saturated heterocycles. The fourth-order valence-electron chi connectivity index (χ4n) is 3.78. The van der Waals surface area contributed by atoms with Crippen LogP contribution in [0.4, 0.5) is 0 Å². The minimum atomic E-state index is -3.63. The van der Waals surface area contributed by atoms with Crippen molar-refractivity contribution >= 4 is 16.1 Å². The molecule has 3 rings (SSSR count). The van der Waals surface area contributed by atoms with Gasteiger partial charge >= 0.3 is 0 Å². The van der Waals surface area contributed by atoms with Gasteiger partial charge in [-0.3, -0.25) is 4.79 Å². The number of amides is 1. The topological polar surface area (TPSA) is 95.5 Å². The summed E-state index contributed by atoms with van der Waals surface area (Å²) < 4.78 is 29.2. The highest BCUT2D eigenvalue weighted by atomic mass is 32.2. The summed E-state index contributed by atoms with van der Waals surface area (Å²) in [6.07, 6.45) is 2.84. The molecule has 1 amide bonds. The number of benzene rings is 1. The fourth-order valence-corrected chi connectivity index (χ4v) is 5.61. The first-order valence-electron chi connectivity index (χ1n) is 10.3. The Labute approximate surface area is 178 Å². The van der Waals surface area contributed by atoms with Gasteiger partial charge in [-0.1, -0.05) is 44.2 Å². The van der Waals surface area contributed by atoms with Crippen molar-refractivity contribution in [3.63, 3.8) is 0 Å².